The van der Waals surface area contributed by atoms with Gasteiger partial charge in [-0.3, -0.25) is 0 Å². The van der Waals surface area contributed by atoms with Crippen molar-refractivity contribution < 1.29 is 0 Å². The van der Waals surface area contributed by atoms with E-state index in [1.165, 1.54) is 65.9 Å². The summed E-state index contributed by atoms with van der Waals surface area (Å²) in [5.74, 6) is 0.115. The van der Waals surface area contributed by atoms with Gasteiger partial charge < -0.3 is 4.90 Å². The Labute approximate surface area is 228 Å². The topological polar surface area (TPSA) is 3.24 Å². The van der Waals surface area contributed by atoms with Gasteiger partial charge in [0.1, 0.15) is 0 Å². The second-order valence-corrected chi connectivity index (χ2v) is 10.6. The second kappa shape index (κ2) is 8.85. The van der Waals surface area contributed by atoms with E-state index >= 15 is 0 Å². The molecule has 1 nitrogen and oxygen atoms in total. The lowest BCUT2D eigenvalue weighted by atomic mass is 9.76. The first kappa shape index (κ1) is 22.1. The molecule has 1 aliphatic heterocycles. The molecule has 0 bridgehead atoms. The normalized spacial score (nSPS) is 13.1. The number of benzene rings is 7. The molecule has 1 aliphatic rings. The predicted octanol–water partition coefficient (Wildman–Crippen LogP) is 9.98. The first-order chi connectivity index (χ1) is 19.3. The minimum atomic E-state index is 0.115. The van der Waals surface area contributed by atoms with Crippen LogP contribution in [-0.2, 0) is 6.54 Å². The molecule has 0 saturated carbocycles. The molecule has 0 aliphatic carbocycles. The maximum atomic E-state index is 2.54. The molecule has 0 unspecified atom stereocenters. The largest absolute Gasteiger partial charge is 0.336 e. The molecule has 0 radical (unpaired) electrons. The summed E-state index contributed by atoms with van der Waals surface area (Å²) in [5.41, 5.74) is 8.01. The van der Waals surface area contributed by atoms with E-state index in [1.807, 2.05) is 0 Å². The highest BCUT2D eigenvalue weighted by Crippen LogP contribution is 2.53. The number of anilines is 2. The molecule has 39 heavy (non-hydrogen) atoms. The molecule has 0 aromatic heterocycles. The summed E-state index contributed by atoms with van der Waals surface area (Å²) in [5, 5.41) is 7.77. The zero-order chi connectivity index (χ0) is 25.8. The van der Waals surface area contributed by atoms with E-state index in [9.17, 15) is 0 Å². The number of nitrogens with zero attached hydrogens (tertiary/aromatic N) is 1. The maximum Gasteiger partial charge on any atom is 0.0481 e. The van der Waals surface area contributed by atoms with Gasteiger partial charge in [0.2, 0.25) is 0 Å². The van der Waals surface area contributed by atoms with Crippen molar-refractivity contribution >= 4 is 43.7 Å². The minimum Gasteiger partial charge on any atom is -0.336 e. The third-order valence-electron chi connectivity index (χ3n) is 8.34. The van der Waals surface area contributed by atoms with Crippen molar-refractivity contribution in [3.05, 3.63) is 168 Å². The monoisotopic (exact) mass is 497 g/mol. The lowest BCUT2D eigenvalue weighted by Gasteiger charge is -2.39. The van der Waals surface area contributed by atoms with Crippen molar-refractivity contribution in [2.45, 2.75) is 12.5 Å². The fourth-order valence-electron chi connectivity index (χ4n) is 6.58. The van der Waals surface area contributed by atoms with Crippen LogP contribution >= 0.6 is 0 Å². The minimum absolute atomic E-state index is 0.115. The Morgan fingerprint density at radius 3 is 1.59 bits per heavy atom. The van der Waals surface area contributed by atoms with Gasteiger partial charge in [0.25, 0.3) is 0 Å². The molecule has 0 N–H and O–H groups in total. The van der Waals surface area contributed by atoms with Crippen LogP contribution in [0.25, 0.3) is 32.3 Å². The van der Waals surface area contributed by atoms with Crippen LogP contribution in [0.15, 0.2) is 146 Å². The van der Waals surface area contributed by atoms with Crippen molar-refractivity contribution in [1.82, 2.24) is 0 Å². The van der Waals surface area contributed by atoms with Crippen LogP contribution in [0, 0.1) is 0 Å². The summed E-state index contributed by atoms with van der Waals surface area (Å²) in [7, 11) is 0. The Morgan fingerprint density at radius 2 is 0.949 bits per heavy atom. The summed E-state index contributed by atoms with van der Waals surface area (Å²) in [6, 6.07) is 53.6. The molecular formula is C38H27N. The molecule has 1 heteroatoms. The van der Waals surface area contributed by atoms with Crippen molar-refractivity contribution in [3.8, 4) is 0 Å². The molecule has 1 heterocycles. The van der Waals surface area contributed by atoms with E-state index < -0.39 is 0 Å². The van der Waals surface area contributed by atoms with Crippen LogP contribution in [0.1, 0.15) is 28.2 Å². The molecule has 184 valence electrons. The Balaban J connectivity index is 1.49. The molecule has 7 aromatic carbocycles. The quantitative estimate of drug-likeness (QED) is 0.235. The van der Waals surface area contributed by atoms with Gasteiger partial charge >= 0.3 is 0 Å². The van der Waals surface area contributed by atoms with E-state index in [4.69, 9.17) is 0 Å². The fraction of sp³-hybridized carbons (Fsp3) is 0.0526. The van der Waals surface area contributed by atoms with Crippen LogP contribution in [0.3, 0.4) is 0 Å². The van der Waals surface area contributed by atoms with E-state index in [0.717, 1.165) is 6.54 Å². The Hall–Kier alpha value is -4.88. The van der Waals surface area contributed by atoms with Gasteiger partial charge in [-0.15, -0.1) is 0 Å². The average Bonchev–Trinajstić information content (AvgIpc) is 3.01. The van der Waals surface area contributed by atoms with Gasteiger partial charge in [0.05, 0.1) is 0 Å². The number of hydrogen-bond acceptors (Lipinski definition) is 1. The summed E-state index contributed by atoms with van der Waals surface area (Å²) >= 11 is 0. The highest BCUT2D eigenvalue weighted by molar-refractivity contribution is 6.01. The third-order valence-corrected chi connectivity index (χ3v) is 8.34. The molecule has 0 fully saturated rings. The highest BCUT2D eigenvalue weighted by atomic mass is 15.1. The van der Waals surface area contributed by atoms with Crippen LogP contribution in [0.2, 0.25) is 0 Å². The lowest BCUT2D eigenvalue weighted by molar-refractivity contribution is 0.885. The summed E-state index contributed by atoms with van der Waals surface area (Å²) in [4.78, 5) is 2.54. The fourth-order valence-corrected chi connectivity index (χ4v) is 6.58. The van der Waals surface area contributed by atoms with Crippen LogP contribution < -0.4 is 4.90 Å². The van der Waals surface area contributed by atoms with E-state index in [-0.39, 0.29) is 5.92 Å². The van der Waals surface area contributed by atoms with Gasteiger partial charge in [-0.25, -0.2) is 0 Å². The van der Waals surface area contributed by atoms with Gasteiger partial charge in [-0.1, -0.05) is 133 Å². The molecule has 0 amide bonds. The molecule has 7 aromatic rings. The molecule has 8 rings (SSSR count). The lowest BCUT2D eigenvalue weighted by Crippen LogP contribution is -2.26. The number of hydrogen-bond donors (Lipinski definition) is 0. The summed E-state index contributed by atoms with van der Waals surface area (Å²) in [6.07, 6.45) is 0. The van der Waals surface area contributed by atoms with Gasteiger partial charge in [-0.2, -0.15) is 0 Å². The number of rotatable bonds is 3. The predicted molar refractivity (Wildman–Crippen MR) is 165 cm³/mol. The molecular weight excluding hydrogens is 470 g/mol. The van der Waals surface area contributed by atoms with Gasteiger partial charge in [0, 0.05) is 23.8 Å². The standard InChI is InChI=1S/C38H27N/c1-2-10-26(11-3-1)25-39-34-22-20-28-13-6-8-16-32(28)37(34)36(31-19-18-27-12-4-5-15-30(27)24-31)38-33-17-9-7-14-29(33)21-23-35(38)39/h1-24,36H,25H2. The van der Waals surface area contributed by atoms with E-state index in [2.05, 4.69) is 150 Å². The Bertz CT molecular complexity index is 1920. The first-order valence-electron chi connectivity index (χ1n) is 13.7. The van der Waals surface area contributed by atoms with Crippen molar-refractivity contribution in [1.29, 1.82) is 0 Å². The smallest absolute Gasteiger partial charge is 0.0481 e. The second-order valence-electron chi connectivity index (χ2n) is 10.6. The van der Waals surface area contributed by atoms with Gasteiger partial charge in [-0.05, 0) is 66.7 Å². The number of fused-ring (bicyclic) bond motifs is 7. The van der Waals surface area contributed by atoms with Crippen molar-refractivity contribution in [2.24, 2.45) is 0 Å². The van der Waals surface area contributed by atoms with Gasteiger partial charge in [0.15, 0.2) is 0 Å². The third kappa shape index (κ3) is 3.55. The highest BCUT2D eigenvalue weighted by Gasteiger charge is 2.34. The molecule has 0 atom stereocenters. The maximum absolute atomic E-state index is 2.54. The zero-order valence-electron chi connectivity index (χ0n) is 21.6. The van der Waals surface area contributed by atoms with E-state index in [1.54, 1.807) is 0 Å². The van der Waals surface area contributed by atoms with E-state index in [0.29, 0.717) is 0 Å². The summed E-state index contributed by atoms with van der Waals surface area (Å²) < 4.78 is 0. The van der Waals surface area contributed by atoms with Crippen LogP contribution in [0.5, 0.6) is 0 Å². The Morgan fingerprint density at radius 1 is 0.436 bits per heavy atom. The zero-order valence-corrected chi connectivity index (χ0v) is 21.6. The molecule has 0 spiro atoms. The SMILES string of the molecule is c1ccc(CN2c3ccc4ccccc4c3C(c3ccc4ccccc4c3)c3c2ccc2ccccc32)cc1. The summed E-state index contributed by atoms with van der Waals surface area (Å²) in [6.45, 7) is 0.821. The average molecular weight is 498 g/mol. The molecule has 0 saturated heterocycles. The first-order valence-corrected chi connectivity index (χ1v) is 13.7. The van der Waals surface area contributed by atoms with Crippen LogP contribution in [0.4, 0.5) is 11.4 Å². The Kier molecular flexibility index (Phi) is 5.03. The van der Waals surface area contributed by atoms with Crippen LogP contribution in [-0.4, -0.2) is 0 Å². The van der Waals surface area contributed by atoms with Crippen molar-refractivity contribution in [3.63, 3.8) is 0 Å². The van der Waals surface area contributed by atoms with Crippen molar-refractivity contribution in [2.75, 3.05) is 4.90 Å².